The van der Waals surface area contributed by atoms with Gasteiger partial charge < -0.3 is 54.7 Å². The van der Waals surface area contributed by atoms with Crippen LogP contribution >= 0.6 is 0 Å². The SMILES string of the molecule is CC(=O)c1c(C)c(O)c2cc(C(=O)O)cc(OC3OC(CO)C4(CC5C6=C(CC=C6C6(CCCO)COCC7CC89CC5(NNC8CC5(CCCC58CCCC8)C9)C76)CO4)C(O)C3O)c2c1O. The van der Waals surface area contributed by atoms with Crippen LogP contribution in [-0.4, -0.2) is 122 Å². The summed E-state index contributed by atoms with van der Waals surface area (Å²) < 4.78 is 26.6. The predicted octanol–water partition coefficient (Wildman–Crippen LogP) is 5.24. The van der Waals surface area contributed by atoms with E-state index < -0.39 is 65.6 Å². The van der Waals surface area contributed by atoms with Gasteiger partial charge in [0.1, 0.15) is 41.2 Å². The third-order valence-electron chi connectivity index (χ3n) is 20.2. The number of aliphatic hydroxyl groups excluding tert-OH is 4. The number of ketones is 1. The highest BCUT2D eigenvalue weighted by molar-refractivity contribution is 6.11. The number of hydrazine groups is 1. The number of rotatable bonds is 8. The fourth-order valence-electron chi connectivity index (χ4n) is 18.0. The number of aromatic hydroxyl groups is 2. The van der Waals surface area contributed by atoms with Crippen LogP contribution in [0.5, 0.6) is 17.2 Å². The van der Waals surface area contributed by atoms with Gasteiger partial charge in [-0.1, -0.05) is 25.3 Å². The van der Waals surface area contributed by atoms with Crippen molar-refractivity contribution in [2.45, 2.75) is 152 Å². The first-order valence-electron chi connectivity index (χ1n) is 25.0. The number of hydrogen-bond acceptors (Lipinski definition) is 14. The van der Waals surface area contributed by atoms with Crippen LogP contribution in [0, 0.1) is 46.3 Å². The third-order valence-corrected chi connectivity index (χ3v) is 20.2. The molecule has 9 N–H and O–H groups in total. The summed E-state index contributed by atoms with van der Waals surface area (Å²) in [5.74, 6) is -3.15. The first-order valence-corrected chi connectivity index (χ1v) is 25.0. The van der Waals surface area contributed by atoms with Crippen molar-refractivity contribution in [1.29, 1.82) is 0 Å². The zero-order chi connectivity index (χ0) is 46.6. The second-order valence-corrected chi connectivity index (χ2v) is 22.9. The van der Waals surface area contributed by atoms with Crippen molar-refractivity contribution in [3.05, 3.63) is 51.6 Å². The summed E-state index contributed by atoms with van der Waals surface area (Å²) in [6.45, 7) is 3.41. The Morgan fingerprint density at radius 2 is 1.75 bits per heavy atom. The zero-order valence-electron chi connectivity index (χ0n) is 38.6. The molecule has 5 saturated carbocycles. The van der Waals surface area contributed by atoms with Gasteiger partial charge in [-0.2, -0.15) is 0 Å². The number of hydrogen-bond donors (Lipinski definition) is 9. The maximum Gasteiger partial charge on any atom is 0.335 e. The van der Waals surface area contributed by atoms with Crippen molar-refractivity contribution < 1.29 is 64.3 Å². The molecule has 12 rings (SSSR count). The molecule has 4 heterocycles. The topological polar surface area (TPSA) is 237 Å². The van der Waals surface area contributed by atoms with Crippen LogP contribution in [0.2, 0.25) is 0 Å². The fourth-order valence-corrected chi connectivity index (χ4v) is 18.0. The van der Waals surface area contributed by atoms with Gasteiger partial charge in [-0.25, -0.2) is 4.79 Å². The molecule has 2 bridgehead atoms. The fraction of sp³-hybridized carbons (Fsp3) is 0.692. The van der Waals surface area contributed by atoms with E-state index in [0.29, 0.717) is 31.5 Å². The number of fused-ring (bicyclic) bond motifs is 3. The molecular formula is C52H66N2O13. The van der Waals surface area contributed by atoms with E-state index in [4.69, 9.17) is 18.9 Å². The lowest BCUT2D eigenvalue weighted by molar-refractivity contribution is -0.327. The Kier molecular flexibility index (Phi) is 10.1. The smallest absolute Gasteiger partial charge is 0.335 e. The Balaban J connectivity index is 0.950. The molecule has 8 fully saturated rings. The van der Waals surface area contributed by atoms with Crippen molar-refractivity contribution in [2.24, 2.45) is 39.4 Å². The van der Waals surface area contributed by atoms with Gasteiger partial charge in [0.25, 0.3) is 0 Å². The van der Waals surface area contributed by atoms with Crippen LogP contribution in [0.3, 0.4) is 0 Å². The van der Waals surface area contributed by atoms with E-state index in [1.54, 1.807) is 0 Å². The molecule has 10 aliphatic rings. The number of phenols is 2. The molecule has 2 aromatic rings. The molecule has 0 amide bonds. The average molecular weight is 927 g/mol. The van der Waals surface area contributed by atoms with Gasteiger partial charge in [0.05, 0.1) is 36.3 Å². The number of benzene rings is 2. The van der Waals surface area contributed by atoms with Crippen LogP contribution in [0.4, 0.5) is 0 Å². The minimum Gasteiger partial charge on any atom is -0.507 e. The molecule has 67 heavy (non-hydrogen) atoms. The lowest BCUT2D eigenvalue weighted by atomic mass is 9.39. The molecule has 362 valence electrons. The highest BCUT2D eigenvalue weighted by atomic mass is 16.7. The summed E-state index contributed by atoms with van der Waals surface area (Å²) in [5, 5.41) is 79.4. The van der Waals surface area contributed by atoms with Crippen molar-refractivity contribution in [3.63, 3.8) is 0 Å². The molecule has 15 heteroatoms. The summed E-state index contributed by atoms with van der Waals surface area (Å²) in [6.07, 6.45) is 11.5. The molecule has 3 saturated heterocycles. The molecule has 6 aliphatic carbocycles. The Morgan fingerprint density at radius 1 is 0.970 bits per heavy atom. The zero-order valence-corrected chi connectivity index (χ0v) is 38.6. The Bertz CT molecular complexity index is 2510. The van der Waals surface area contributed by atoms with Gasteiger partial charge in [-0.3, -0.25) is 15.6 Å². The van der Waals surface area contributed by atoms with Crippen molar-refractivity contribution >= 4 is 22.5 Å². The maximum atomic E-state index is 12.8. The highest BCUT2D eigenvalue weighted by Crippen LogP contribution is 2.78. The van der Waals surface area contributed by atoms with Crippen LogP contribution in [0.15, 0.2) is 34.9 Å². The first kappa shape index (κ1) is 44.6. The van der Waals surface area contributed by atoms with Gasteiger partial charge in [-0.15, -0.1) is 0 Å². The number of Topliss-reactive ketones (excluding diaryl/α,β-unsaturated/α-hetero) is 1. The van der Waals surface area contributed by atoms with Crippen LogP contribution in [0.1, 0.15) is 130 Å². The molecule has 0 aromatic heterocycles. The molecule has 2 aromatic carbocycles. The summed E-state index contributed by atoms with van der Waals surface area (Å²) in [6, 6.07) is 2.55. The minimum atomic E-state index is -1.82. The van der Waals surface area contributed by atoms with Gasteiger partial charge in [-0.05, 0) is 148 Å². The molecule has 13 atom stereocenters. The Labute approximate surface area is 389 Å². The van der Waals surface area contributed by atoms with Crippen molar-refractivity contribution in [3.8, 4) is 17.2 Å². The van der Waals surface area contributed by atoms with E-state index in [0.717, 1.165) is 43.4 Å². The number of aliphatic hydroxyl groups is 4. The van der Waals surface area contributed by atoms with E-state index in [1.807, 2.05) is 0 Å². The number of carbonyl (C=O) groups excluding carboxylic acids is 1. The van der Waals surface area contributed by atoms with Crippen LogP contribution in [-0.2, 0) is 14.2 Å². The van der Waals surface area contributed by atoms with E-state index in [9.17, 15) is 45.3 Å². The summed E-state index contributed by atoms with van der Waals surface area (Å²) in [5.41, 5.74) is 9.36. The summed E-state index contributed by atoms with van der Waals surface area (Å²) in [4.78, 5) is 25.1. The lowest BCUT2D eigenvalue weighted by Gasteiger charge is -2.72. The number of carboxylic acids is 1. The Morgan fingerprint density at radius 3 is 2.49 bits per heavy atom. The van der Waals surface area contributed by atoms with Crippen LogP contribution in [0.25, 0.3) is 10.8 Å². The second-order valence-electron chi connectivity index (χ2n) is 22.9. The number of ether oxygens (including phenoxy) is 4. The van der Waals surface area contributed by atoms with Gasteiger partial charge >= 0.3 is 5.97 Å². The quantitative estimate of drug-likeness (QED) is 0.122. The van der Waals surface area contributed by atoms with Crippen molar-refractivity contribution in [2.75, 3.05) is 33.0 Å². The first-order chi connectivity index (χ1) is 32.1. The second kappa shape index (κ2) is 15.2. The van der Waals surface area contributed by atoms with Crippen molar-refractivity contribution in [1.82, 2.24) is 10.9 Å². The van der Waals surface area contributed by atoms with E-state index in [2.05, 4.69) is 16.9 Å². The summed E-state index contributed by atoms with van der Waals surface area (Å²) in [7, 11) is 0. The van der Waals surface area contributed by atoms with Crippen LogP contribution < -0.4 is 15.6 Å². The van der Waals surface area contributed by atoms with E-state index >= 15 is 0 Å². The third kappa shape index (κ3) is 5.77. The van der Waals surface area contributed by atoms with E-state index in [1.165, 1.54) is 76.4 Å². The number of phenolic OH excluding ortho intramolecular Hbond substituents is 2. The predicted molar refractivity (Wildman–Crippen MR) is 241 cm³/mol. The van der Waals surface area contributed by atoms with Gasteiger partial charge in [0.2, 0.25) is 6.29 Å². The standard InChI is InChI=1S/C52H66N2O13/c1-26-37(27(2)57)41(59)39-31(40(26)58)15-29(45(62)63)16-34(39)66-46-42(60)44(61)52(36(20-56)67-46)18-33-38-28(22-65-52)7-8-32(38)50(13-6-14-55)25-64-21-30-17-47-23-49(12-5-11-48(49)9-3-4-10-48)19-35(47)53-54-51(33,24-47)43(30)50/h8,15-16,30,33,35-36,42-44,46,53-56,58-61H,3-7,9-14,17-25H2,1-2H3,(H,62,63). The monoisotopic (exact) mass is 926 g/mol. The number of aromatic carboxylic acids is 1. The number of allylic oxidation sites excluding steroid dienone is 1. The largest absolute Gasteiger partial charge is 0.507 e. The molecule has 0 radical (unpaired) electrons. The summed E-state index contributed by atoms with van der Waals surface area (Å²) >= 11 is 0. The Hall–Kier alpha value is -3.64. The number of nitrogens with one attached hydrogen (secondary N) is 2. The van der Waals surface area contributed by atoms with Gasteiger partial charge in [0, 0.05) is 47.1 Å². The van der Waals surface area contributed by atoms with E-state index in [-0.39, 0.29) is 92.9 Å². The van der Waals surface area contributed by atoms with Gasteiger partial charge in [0.15, 0.2) is 5.78 Å². The minimum absolute atomic E-state index is 0.0127. The average Bonchev–Trinajstić information content (AvgIpc) is 4.09. The number of carboxylic acid groups (broad SMARTS) is 1. The normalized spacial score (nSPS) is 42.2. The number of carbonyl (C=O) groups is 2. The maximum absolute atomic E-state index is 12.8. The molecule has 13 unspecified atom stereocenters. The molecular weight excluding hydrogens is 861 g/mol. The lowest BCUT2D eigenvalue weighted by Crippen LogP contribution is -2.81. The molecule has 15 nitrogen and oxygen atoms in total. The molecule has 4 aliphatic heterocycles. The highest BCUT2D eigenvalue weighted by Gasteiger charge is 2.77. The molecule has 5 spiro atoms.